The molecule has 4 N–H and O–H groups in total. The lowest BCUT2D eigenvalue weighted by Crippen LogP contribution is -2.38. The molecule has 8 heteroatoms. The Morgan fingerprint density at radius 3 is 2.68 bits per heavy atom. The molecule has 142 valence electrons. The van der Waals surface area contributed by atoms with E-state index in [0.29, 0.717) is 17.4 Å². The second kappa shape index (κ2) is 6.69. The van der Waals surface area contributed by atoms with Gasteiger partial charge in [0.15, 0.2) is 0 Å². The van der Waals surface area contributed by atoms with Crippen LogP contribution in [0.2, 0.25) is 0 Å². The molecule has 0 amide bonds. The fourth-order valence-corrected chi connectivity index (χ4v) is 4.58. The Balaban J connectivity index is 1.55. The van der Waals surface area contributed by atoms with Crippen molar-refractivity contribution in [1.29, 1.82) is 5.26 Å². The SMILES string of the molecule is N#CC1=C(N)OC2=C(C1c1ccc(-n3cncn3)cc1)C(C1CCCC1)NN2. The first-order valence-corrected chi connectivity index (χ1v) is 9.54. The molecule has 2 aromatic rings. The number of allylic oxidation sites excluding steroid dienone is 1. The van der Waals surface area contributed by atoms with Gasteiger partial charge in [-0.15, -0.1) is 0 Å². The van der Waals surface area contributed by atoms with E-state index in [1.54, 1.807) is 11.0 Å². The Hall–Kier alpha value is -3.31. The average molecular weight is 375 g/mol. The highest BCUT2D eigenvalue weighted by molar-refractivity contribution is 5.52. The van der Waals surface area contributed by atoms with Crippen LogP contribution in [0.5, 0.6) is 0 Å². The van der Waals surface area contributed by atoms with Crippen LogP contribution in [-0.4, -0.2) is 20.8 Å². The maximum Gasteiger partial charge on any atom is 0.211 e. The van der Waals surface area contributed by atoms with Gasteiger partial charge in [0, 0.05) is 5.57 Å². The summed E-state index contributed by atoms with van der Waals surface area (Å²) in [6.07, 6.45) is 8.00. The summed E-state index contributed by atoms with van der Waals surface area (Å²) >= 11 is 0. The van der Waals surface area contributed by atoms with E-state index in [9.17, 15) is 5.26 Å². The van der Waals surface area contributed by atoms with Gasteiger partial charge in [0.05, 0.1) is 17.6 Å². The van der Waals surface area contributed by atoms with Crippen LogP contribution >= 0.6 is 0 Å². The topological polar surface area (TPSA) is 114 Å². The summed E-state index contributed by atoms with van der Waals surface area (Å²) in [7, 11) is 0. The monoisotopic (exact) mass is 375 g/mol. The maximum atomic E-state index is 9.82. The smallest absolute Gasteiger partial charge is 0.211 e. The number of nitriles is 1. The van der Waals surface area contributed by atoms with Crippen LogP contribution in [0, 0.1) is 17.2 Å². The zero-order valence-electron chi connectivity index (χ0n) is 15.3. The Morgan fingerprint density at radius 2 is 2.00 bits per heavy atom. The van der Waals surface area contributed by atoms with Gasteiger partial charge in [0.2, 0.25) is 11.8 Å². The average Bonchev–Trinajstić information content (AvgIpc) is 3.47. The molecule has 1 fully saturated rings. The molecule has 28 heavy (non-hydrogen) atoms. The zero-order chi connectivity index (χ0) is 19.1. The molecule has 0 bridgehead atoms. The predicted octanol–water partition coefficient (Wildman–Crippen LogP) is 1.95. The van der Waals surface area contributed by atoms with Crippen LogP contribution in [-0.2, 0) is 4.74 Å². The fraction of sp³-hybridized carbons (Fsp3) is 0.350. The normalized spacial score (nSPS) is 24.7. The van der Waals surface area contributed by atoms with E-state index in [4.69, 9.17) is 10.5 Å². The minimum atomic E-state index is -0.230. The minimum absolute atomic E-state index is 0.133. The van der Waals surface area contributed by atoms with Crippen molar-refractivity contribution in [2.45, 2.75) is 37.6 Å². The summed E-state index contributed by atoms with van der Waals surface area (Å²) in [6.45, 7) is 0. The van der Waals surface area contributed by atoms with E-state index in [0.717, 1.165) is 16.8 Å². The summed E-state index contributed by atoms with van der Waals surface area (Å²) in [6, 6.07) is 10.4. The van der Waals surface area contributed by atoms with Crippen molar-refractivity contribution in [3.63, 3.8) is 0 Å². The van der Waals surface area contributed by atoms with Gasteiger partial charge in [-0.1, -0.05) is 25.0 Å². The van der Waals surface area contributed by atoms with Crippen LogP contribution in [0.15, 0.2) is 59.8 Å². The van der Waals surface area contributed by atoms with Gasteiger partial charge in [0.1, 0.15) is 24.3 Å². The van der Waals surface area contributed by atoms with Gasteiger partial charge in [-0.3, -0.25) is 5.43 Å². The molecule has 1 aromatic carbocycles. The molecule has 5 rings (SSSR count). The van der Waals surface area contributed by atoms with Gasteiger partial charge < -0.3 is 10.5 Å². The number of nitrogens with one attached hydrogen (secondary N) is 2. The summed E-state index contributed by atoms with van der Waals surface area (Å²) in [5.74, 6) is 1.10. The Bertz CT molecular complexity index is 979. The Labute approximate surface area is 162 Å². The number of hydrogen-bond donors (Lipinski definition) is 3. The van der Waals surface area contributed by atoms with Crippen molar-refractivity contribution in [3.05, 3.63) is 65.4 Å². The molecule has 3 aliphatic rings. The predicted molar refractivity (Wildman–Crippen MR) is 101 cm³/mol. The highest BCUT2D eigenvalue weighted by Gasteiger charge is 2.43. The molecule has 8 nitrogen and oxygen atoms in total. The first kappa shape index (κ1) is 16.8. The molecule has 2 unspecified atom stereocenters. The standard InChI is InChI=1S/C20H21N7O/c21-9-15-16(12-5-7-14(8-6-12)27-11-23-10-24-27)17-18(13-3-1-2-4-13)25-26-20(17)28-19(15)22/h5-8,10-11,13,16,18,25-26H,1-4,22H2. The Morgan fingerprint density at radius 1 is 1.21 bits per heavy atom. The first-order valence-electron chi connectivity index (χ1n) is 9.54. The van der Waals surface area contributed by atoms with Crippen molar-refractivity contribution < 1.29 is 4.74 Å². The molecule has 0 saturated heterocycles. The summed E-state index contributed by atoms with van der Waals surface area (Å²) in [5.41, 5.74) is 16.1. The van der Waals surface area contributed by atoms with Gasteiger partial charge in [-0.2, -0.15) is 10.4 Å². The molecule has 2 aliphatic heterocycles. The van der Waals surface area contributed by atoms with Gasteiger partial charge in [-0.05, 0) is 36.5 Å². The third-order valence-corrected chi connectivity index (χ3v) is 5.92. The maximum absolute atomic E-state index is 9.82. The number of nitrogens with zero attached hydrogens (tertiary/aromatic N) is 4. The van der Waals surface area contributed by atoms with E-state index in [2.05, 4.69) is 27.0 Å². The minimum Gasteiger partial charge on any atom is -0.423 e. The van der Waals surface area contributed by atoms with E-state index in [-0.39, 0.29) is 17.8 Å². The van der Waals surface area contributed by atoms with E-state index in [1.807, 2.05) is 24.3 Å². The highest BCUT2D eigenvalue weighted by Crippen LogP contribution is 2.45. The third kappa shape index (κ3) is 2.63. The van der Waals surface area contributed by atoms with Crippen LogP contribution in [0.1, 0.15) is 37.2 Å². The van der Waals surface area contributed by atoms with Crippen LogP contribution in [0.25, 0.3) is 5.69 Å². The van der Waals surface area contributed by atoms with Crippen molar-refractivity contribution in [3.8, 4) is 11.8 Å². The van der Waals surface area contributed by atoms with Crippen LogP contribution < -0.4 is 16.6 Å². The lowest BCUT2D eigenvalue weighted by Gasteiger charge is -2.29. The van der Waals surface area contributed by atoms with E-state index >= 15 is 0 Å². The number of rotatable bonds is 3. The lowest BCUT2D eigenvalue weighted by molar-refractivity contribution is 0.255. The zero-order valence-corrected chi connectivity index (χ0v) is 15.3. The summed E-state index contributed by atoms with van der Waals surface area (Å²) in [4.78, 5) is 3.99. The number of hydrogen-bond acceptors (Lipinski definition) is 7. The van der Waals surface area contributed by atoms with Crippen molar-refractivity contribution in [1.82, 2.24) is 25.6 Å². The highest BCUT2D eigenvalue weighted by atomic mass is 16.5. The fourth-order valence-electron chi connectivity index (χ4n) is 4.58. The van der Waals surface area contributed by atoms with Crippen molar-refractivity contribution in [2.75, 3.05) is 0 Å². The number of ether oxygens (including phenoxy) is 1. The largest absolute Gasteiger partial charge is 0.423 e. The first-order chi connectivity index (χ1) is 13.8. The second-order valence-electron chi connectivity index (χ2n) is 7.43. The Kier molecular flexibility index (Phi) is 4.02. The van der Waals surface area contributed by atoms with Crippen LogP contribution in [0.4, 0.5) is 0 Å². The molecule has 1 saturated carbocycles. The molecule has 2 atom stereocenters. The molecule has 1 aliphatic carbocycles. The molecular weight excluding hydrogens is 354 g/mol. The van der Waals surface area contributed by atoms with Crippen LogP contribution in [0.3, 0.4) is 0 Å². The number of hydrazine groups is 1. The van der Waals surface area contributed by atoms with E-state index in [1.165, 1.54) is 32.0 Å². The van der Waals surface area contributed by atoms with Gasteiger partial charge >= 0.3 is 0 Å². The number of aromatic nitrogens is 3. The van der Waals surface area contributed by atoms with Crippen molar-refractivity contribution >= 4 is 0 Å². The van der Waals surface area contributed by atoms with E-state index < -0.39 is 0 Å². The second-order valence-corrected chi connectivity index (χ2v) is 7.43. The third-order valence-electron chi connectivity index (χ3n) is 5.92. The quantitative estimate of drug-likeness (QED) is 0.751. The molecule has 0 radical (unpaired) electrons. The van der Waals surface area contributed by atoms with Gasteiger partial charge in [-0.25, -0.2) is 15.1 Å². The molecule has 0 spiro atoms. The summed E-state index contributed by atoms with van der Waals surface area (Å²) in [5, 5.41) is 14.0. The number of nitrogens with two attached hydrogens (primary N) is 1. The summed E-state index contributed by atoms with van der Waals surface area (Å²) < 4.78 is 7.46. The number of benzene rings is 1. The molecule has 1 aromatic heterocycles. The lowest BCUT2D eigenvalue weighted by atomic mass is 9.77. The van der Waals surface area contributed by atoms with Crippen molar-refractivity contribution in [2.24, 2.45) is 11.7 Å². The van der Waals surface area contributed by atoms with Gasteiger partial charge in [0.25, 0.3) is 0 Å². The molecular formula is C20H21N7O. The molecule has 3 heterocycles.